The SMILES string of the molecule is C=CS(=O)(=O)c1ccccc1[N+](=O)[O-]. The van der Waals surface area contributed by atoms with E-state index in [1.807, 2.05) is 0 Å². The lowest BCUT2D eigenvalue weighted by atomic mass is 10.3. The number of hydrogen-bond donors (Lipinski definition) is 0. The molecule has 6 heteroatoms. The van der Waals surface area contributed by atoms with Crippen molar-refractivity contribution in [3.63, 3.8) is 0 Å². The number of benzene rings is 1. The Morgan fingerprint density at radius 1 is 1.36 bits per heavy atom. The number of rotatable bonds is 3. The molecule has 0 saturated carbocycles. The zero-order chi connectivity index (χ0) is 10.8. The molecule has 5 nitrogen and oxygen atoms in total. The molecule has 0 aliphatic heterocycles. The number of nitrogens with zero attached hydrogens (tertiary/aromatic N) is 1. The first-order valence-electron chi connectivity index (χ1n) is 3.60. The molecule has 0 heterocycles. The van der Waals surface area contributed by atoms with E-state index in [0.717, 1.165) is 6.07 Å². The van der Waals surface area contributed by atoms with Gasteiger partial charge in [0.05, 0.1) is 4.92 Å². The van der Waals surface area contributed by atoms with Crippen molar-refractivity contribution >= 4 is 15.5 Å². The number of sulfone groups is 1. The van der Waals surface area contributed by atoms with E-state index in [2.05, 4.69) is 6.58 Å². The monoisotopic (exact) mass is 213 g/mol. The predicted octanol–water partition coefficient (Wildman–Crippen LogP) is 1.51. The van der Waals surface area contributed by atoms with E-state index in [9.17, 15) is 18.5 Å². The lowest BCUT2D eigenvalue weighted by Crippen LogP contribution is -2.00. The zero-order valence-electron chi connectivity index (χ0n) is 7.08. The standard InChI is InChI=1S/C8H7NO4S/c1-2-14(12,13)8-6-4-3-5-7(8)9(10)11/h2-6H,1H2. The van der Waals surface area contributed by atoms with Gasteiger partial charge in [0.1, 0.15) is 4.90 Å². The van der Waals surface area contributed by atoms with Crippen molar-refractivity contribution in [2.45, 2.75) is 4.90 Å². The molecule has 74 valence electrons. The third-order valence-corrected chi connectivity index (χ3v) is 2.98. The molecule has 14 heavy (non-hydrogen) atoms. The lowest BCUT2D eigenvalue weighted by Gasteiger charge is -1.99. The van der Waals surface area contributed by atoms with Crippen LogP contribution in [0.25, 0.3) is 0 Å². The molecule has 0 aliphatic rings. The van der Waals surface area contributed by atoms with Crippen LogP contribution in [0, 0.1) is 10.1 Å². The Morgan fingerprint density at radius 3 is 2.43 bits per heavy atom. The maximum absolute atomic E-state index is 11.3. The van der Waals surface area contributed by atoms with E-state index in [4.69, 9.17) is 0 Å². The highest BCUT2D eigenvalue weighted by molar-refractivity contribution is 7.94. The highest BCUT2D eigenvalue weighted by Gasteiger charge is 2.21. The Labute approximate surface area is 80.8 Å². The largest absolute Gasteiger partial charge is 0.288 e. The summed E-state index contributed by atoms with van der Waals surface area (Å²) in [5.74, 6) is 0. The molecule has 1 aromatic rings. The van der Waals surface area contributed by atoms with Crippen LogP contribution < -0.4 is 0 Å². The minimum atomic E-state index is -3.75. The number of nitro benzene ring substituents is 1. The molecule has 0 aliphatic carbocycles. The van der Waals surface area contributed by atoms with Gasteiger partial charge in [-0.1, -0.05) is 18.7 Å². The number of para-hydroxylation sites is 1. The first kappa shape index (κ1) is 10.4. The summed E-state index contributed by atoms with van der Waals surface area (Å²) in [4.78, 5) is 9.42. The van der Waals surface area contributed by atoms with Crippen LogP contribution in [0.15, 0.2) is 41.1 Å². The van der Waals surface area contributed by atoms with Crippen LogP contribution in [0.4, 0.5) is 5.69 Å². The summed E-state index contributed by atoms with van der Waals surface area (Å²) in [6.45, 7) is 3.10. The summed E-state index contributed by atoms with van der Waals surface area (Å²) in [5, 5.41) is 11.2. The quantitative estimate of drug-likeness (QED) is 0.563. The summed E-state index contributed by atoms with van der Waals surface area (Å²) in [6, 6.07) is 5.13. The van der Waals surface area contributed by atoms with Crippen LogP contribution in [0.3, 0.4) is 0 Å². The van der Waals surface area contributed by atoms with Gasteiger partial charge in [0.25, 0.3) is 5.69 Å². The Kier molecular flexibility index (Phi) is 2.66. The van der Waals surface area contributed by atoms with Gasteiger partial charge in [0.2, 0.25) is 9.84 Å². The van der Waals surface area contributed by atoms with Gasteiger partial charge >= 0.3 is 0 Å². The Morgan fingerprint density at radius 2 is 1.93 bits per heavy atom. The van der Waals surface area contributed by atoms with Crippen molar-refractivity contribution in [1.82, 2.24) is 0 Å². The Bertz CT molecular complexity index is 478. The van der Waals surface area contributed by atoms with Crippen LogP contribution in [0.5, 0.6) is 0 Å². The fourth-order valence-electron chi connectivity index (χ4n) is 0.938. The second-order valence-corrected chi connectivity index (χ2v) is 4.30. The van der Waals surface area contributed by atoms with Crippen LogP contribution in [0.2, 0.25) is 0 Å². The normalized spacial score (nSPS) is 10.9. The van der Waals surface area contributed by atoms with E-state index < -0.39 is 20.4 Å². The molecule has 1 aromatic carbocycles. The fourth-order valence-corrected chi connectivity index (χ4v) is 1.82. The van der Waals surface area contributed by atoms with E-state index in [-0.39, 0.29) is 4.90 Å². The molecule has 0 saturated heterocycles. The topological polar surface area (TPSA) is 77.3 Å². The summed E-state index contributed by atoms with van der Waals surface area (Å²) >= 11 is 0. The third kappa shape index (κ3) is 1.80. The maximum Gasteiger partial charge on any atom is 0.288 e. The van der Waals surface area contributed by atoms with Crippen LogP contribution >= 0.6 is 0 Å². The molecule has 0 atom stereocenters. The molecule has 0 unspecified atom stereocenters. The summed E-state index contributed by atoms with van der Waals surface area (Å²) in [7, 11) is -3.75. The maximum atomic E-state index is 11.3. The number of nitro groups is 1. The van der Waals surface area contributed by atoms with E-state index >= 15 is 0 Å². The van der Waals surface area contributed by atoms with Crippen molar-refractivity contribution < 1.29 is 13.3 Å². The zero-order valence-corrected chi connectivity index (χ0v) is 7.90. The molecule has 0 amide bonds. The van der Waals surface area contributed by atoms with Gasteiger partial charge in [-0.05, 0) is 6.07 Å². The van der Waals surface area contributed by atoms with Gasteiger partial charge in [-0.25, -0.2) is 8.42 Å². The van der Waals surface area contributed by atoms with Crippen molar-refractivity contribution in [2.75, 3.05) is 0 Å². The third-order valence-electron chi connectivity index (χ3n) is 1.59. The second-order valence-electron chi connectivity index (χ2n) is 2.44. The molecule has 0 radical (unpaired) electrons. The summed E-state index contributed by atoms with van der Waals surface area (Å²) < 4.78 is 22.6. The van der Waals surface area contributed by atoms with Gasteiger partial charge in [0, 0.05) is 11.5 Å². The van der Waals surface area contributed by atoms with Gasteiger partial charge in [-0.2, -0.15) is 0 Å². The molecular weight excluding hydrogens is 206 g/mol. The highest BCUT2D eigenvalue weighted by Crippen LogP contribution is 2.23. The summed E-state index contributed by atoms with van der Waals surface area (Å²) in [5.41, 5.74) is -0.438. The molecule has 0 N–H and O–H groups in total. The Hall–Kier alpha value is -1.69. The highest BCUT2D eigenvalue weighted by atomic mass is 32.2. The van der Waals surface area contributed by atoms with Gasteiger partial charge in [-0.3, -0.25) is 10.1 Å². The lowest BCUT2D eigenvalue weighted by molar-refractivity contribution is -0.387. The summed E-state index contributed by atoms with van der Waals surface area (Å²) in [6.07, 6.45) is 0. The van der Waals surface area contributed by atoms with Crippen LogP contribution in [0.1, 0.15) is 0 Å². The van der Waals surface area contributed by atoms with Crippen LogP contribution in [-0.4, -0.2) is 13.3 Å². The molecule has 1 rings (SSSR count). The molecule has 0 aromatic heterocycles. The second kappa shape index (κ2) is 3.59. The Balaban J connectivity index is 3.50. The van der Waals surface area contributed by atoms with Crippen LogP contribution in [-0.2, 0) is 9.84 Å². The average Bonchev–Trinajstić information content (AvgIpc) is 2.18. The molecular formula is C8H7NO4S. The minimum absolute atomic E-state index is 0.333. The smallest absolute Gasteiger partial charge is 0.258 e. The van der Waals surface area contributed by atoms with E-state index in [1.165, 1.54) is 18.2 Å². The van der Waals surface area contributed by atoms with Crippen molar-refractivity contribution in [3.8, 4) is 0 Å². The molecule has 0 bridgehead atoms. The van der Waals surface area contributed by atoms with Crippen molar-refractivity contribution in [3.05, 3.63) is 46.4 Å². The molecule has 0 fully saturated rings. The first-order valence-corrected chi connectivity index (χ1v) is 5.14. The first-order chi connectivity index (χ1) is 6.49. The van der Waals surface area contributed by atoms with E-state index in [0.29, 0.717) is 5.41 Å². The minimum Gasteiger partial charge on any atom is -0.258 e. The van der Waals surface area contributed by atoms with Gasteiger partial charge in [0.15, 0.2) is 0 Å². The predicted molar refractivity (Wildman–Crippen MR) is 50.5 cm³/mol. The van der Waals surface area contributed by atoms with Crippen molar-refractivity contribution in [2.24, 2.45) is 0 Å². The fraction of sp³-hybridized carbons (Fsp3) is 0. The average molecular weight is 213 g/mol. The van der Waals surface area contributed by atoms with E-state index in [1.54, 1.807) is 0 Å². The molecule has 0 spiro atoms. The van der Waals surface area contributed by atoms with Gasteiger partial charge in [-0.15, -0.1) is 0 Å². The van der Waals surface area contributed by atoms with Gasteiger partial charge < -0.3 is 0 Å². The van der Waals surface area contributed by atoms with Crippen molar-refractivity contribution in [1.29, 1.82) is 0 Å². The number of hydrogen-bond acceptors (Lipinski definition) is 4.